The Bertz CT molecular complexity index is 1200. The third-order valence-corrected chi connectivity index (χ3v) is 8.49. The number of anilines is 2. The van der Waals surface area contributed by atoms with Crippen molar-refractivity contribution in [1.82, 2.24) is 15.2 Å². The minimum atomic E-state index is -0.925. The lowest BCUT2D eigenvalue weighted by Gasteiger charge is -2.37. The number of nitrogens with one attached hydrogen (secondary N) is 2. The van der Waals surface area contributed by atoms with E-state index in [4.69, 9.17) is 9.72 Å². The van der Waals surface area contributed by atoms with E-state index in [9.17, 15) is 14.7 Å². The number of amides is 1. The molecule has 0 saturated carbocycles. The molecule has 0 radical (unpaired) electrons. The Morgan fingerprint density at radius 2 is 1.98 bits per heavy atom. The molecule has 4 heterocycles. The molecular formula is C32H45N5O4. The molecule has 0 aliphatic carbocycles. The van der Waals surface area contributed by atoms with Crippen LogP contribution in [0.3, 0.4) is 0 Å². The predicted octanol–water partition coefficient (Wildman–Crippen LogP) is 4.03. The maximum absolute atomic E-state index is 13.4. The Morgan fingerprint density at radius 3 is 2.78 bits per heavy atom. The predicted molar refractivity (Wildman–Crippen MR) is 160 cm³/mol. The number of hydrogen-bond donors (Lipinski definition) is 3. The van der Waals surface area contributed by atoms with Gasteiger partial charge in [-0.05, 0) is 94.8 Å². The fourth-order valence-corrected chi connectivity index (χ4v) is 6.51. The molecule has 1 amide bonds. The van der Waals surface area contributed by atoms with Gasteiger partial charge in [0.25, 0.3) is 0 Å². The highest BCUT2D eigenvalue weighted by Crippen LogP contribution is 2.27. The average Bonchev–Trinajstić information content (AvgIpc) is 2.96. The second-order valence-electron chi connectivity index (χ2n) is 12.0. The molecule has 0 unspecified atom stereocenters. The summed E-state index contributed by atoms with van der Waals surface area (Å²) < 4.78 is 5.88. The minimum Gasteiger partial charge on any atom is -0.481 e. The number of benzene rings is 1. The number of aliphatic carboxylic acids is 1. The molecule has 2 fully saturated rings. The molecule has 9 nitrogen and oxygen atoms in total. The first-order valence-corrected chi connectivity index (χ1v) is 15.3. The molecular weight excluding hydrogens is 518 g/mol. The molecule has 3 N–H and O–H groups in total. The van der Waals surface area contributed by atoms with E-state index >= 15 is 0 Å². The smallest absolute Gasteiger partial charge is 0.305 e. The Labute approximate surface area is 243 Å². The zero-order valence-electron chi connectivity index (χ0n) is 24.5. The zero-order chi connectivity index (χ0) is 28.8. The summed E-state index contributed by atoms with van der Waals surface area (Å²) in [6.45, 7) is 9.29. The molecule has 1 aromatic heterocycles. The first kappa shape index (κ1) is 29.3. The van der Waals surface area contributed by atoms with Gasteiger partial charge < -0.3 is 30.3 Å². The molecule has 3 aliphatic rings. The molecule has 0 spiro atoms. The van der Waals surface area contributed by atoms with E-state index in [1.165, 1.54) is 5.56 Å². The first-order valence-electron chi connectivity index (χ1n) is 15.3. The Morgan fingerprint density at radius 1 is 1.15 bits per heavy atom. The standard InChI is InChI=1S/C32H45N5O4/c1-22-19-37(20-23(2)41-22)28-11-3-7-25(17-28)29(18-30(38)39)35-32(40)26-9-5-15-36(21-26)16-6-10-27-13-12-24-8-4-14-33-31(24)34-27/h3,7,11-13,17,22-23,26,29H,4-6,8-10,14-16,18-21H2,1-2H3,(H,33,34)(H,35,40)(H,38,39)/t22-,23+,26-,29+/m1/s1. The van der Waals surface area contributed by atoms with E-state index in [2.05, 4.69) is 46.4 Å². The Hall–Kier alpha value is -3.17. The van der Waals surface area contributed by atoms with Crippen molar-refractivity contribution in [2.24, 2.45) is 5.92 Å². The summed E-state index contributed by atoms with van der Waals surface area (Å²) in [6.07, 6.45) is 6.05. The lowest BCUT2D eigenvalue weighted by Crippen LogP contribution is -2.45. The quantitative estimate of drug-likeness (QED) is 0.398. The van der Waals surface area contributed by atoms with Crippen LogP contribution in [0.2, 0.25) is 0 Å². The van der Waals surface area contributed by atoms with E-state index in [0.717, 1.165) is 94.0 Å². The summed E-state index contributed by atoms with van der Waals surface area (Å²) in [5, 5.41) is 16.2. The van der Waals surface area contributed by atoms with Crippen molar-refractivity contribution in [3.63, 3.8) is 0 Å². The van der Waals surface area contributed by atoms with Gasteiger partial charge in [-0.25, -0.2) is 4.98 Å². The number of aryl methyl sites for hydroxylation is 2. The van der Waals surface area contributed by atoms with Crippen LogP contribution in [0.5, 0.6) is 0 Å². The molecule has 1 aromatic carbocycles. The molecule has 4 atom stereocenters. The number of carboxylic acids is 1. The molecule has 222 valence electrons. The molecule has 2 saturated heterocycles. The van der Waals surface area contributed by atoms with E-state index in [1.807, 2.05) is 24.3 Å². The van der Waals surface area contributed by atoms with Crippen LogP contribution in [0.15, 0.2) is 36.4 Å². The number of rotatable bonds is 10. The number of pyridine rings is 1. The van der Waals surface area contributed by atoms with E-state index in [0.29, 0.717) is 6.54 Å². The maximum atomic E-state index is 13.4. The summed E-state index contributed by atoms with van der Waals surface area (Å²) in [5.41, 5.74) is 4.28. The van der Waals surface area contributed by atoms with Crippen LogP contribution >= 0.6 is 0 Å². The van der Waals surface area contributed by atoms with Crippen molar-refractivity contribution in [2.75, 3.05) is 49.5 Å². The number of fused-ring (bicyclic) bond motifs is 1. The van der Waals surface area contributed by atoms with Crippen LogP contribution in [0.4, 0.5) is 11.5 Å². The van der Waals surface area contributed by atoms with Gasteiger partial charge in [0.05, 0.1) is 30.6 Å². The largest absolute Gasteiger partial charge is 0.481 e. The fourth-order valence-electron chi connectivity index (χ4n) is 6.51. The fraction of sp³-hybridized carbons (Fsp3) is 0.594. The van der Waals surface area contributed by atoms with Crippen LogP contribution in [0.25, 0.3) is 0 Å². The van der Waals surface area contributed by atoms with Gasteiger partial charge >= 0.3 is 5.97 Å². The minimum absolute atomic E-state index is 0.0533. The van der Waals surface area contributed by atoms with Crippen molar-refractivity contribution < 1.29 is 19.4 Å². The second kappa shape index (κ2) is 13.7. The van der Waals surface area contributed by atoms with E-state index < -0.39 is 12.0 Å². The van der Waals surface area contributed by atoms with Crippen LogP contribution in [-0.4, -0.2) is 78.3 Å². The highest BCUT2D eigenvalue weighted by molar-refractivity contribution is 5.80. The van der Waals surface area contributed by atoms with Gasteiger partial charge in [-0.2, -0.15) is 0 Å². The van der Waals surface area contributed by atoms with Gasteiger partial charge in [0.2, 0.25) is 5.91 Å². The van der Waals surface area contributed by atoms with Gasteiger partial charge in [0.1, 0.15) is 5.82 Å². The third kappa shape index (κ3) is 7.98. The highest BCUT2D eigenvalue weighted by Gasteiger charge is 2.29. The summed E-state index contributed by atoms with van der Waals surface area (Å²) in [5.74, 6) is -0.0813. The molecule has 41 heavy (non-hydrogen) atoms. The number of hydrogen-bond acceptors (Lipinski definition) is 7. The van der Waals surface area contributed by atoms with Crippen LogP contribution < -0.4 is 15.5 Å². The summed E-state index contributed by atoms with van der Waals surface area (Å²) in [6, 6.07) is 11.7. The van der Waals surface area contributed by atoms with Gasteiger partial charge in [-0.1, -0.05) is 18.2 Å². The van der Waals surface area contributed by atoms with Crippen LogP contribution in [0.1, 0.15) is 68.8 Å². The van der Waals surface area contributed by atoms with Crippen molar-refractivity contribution in [1.29, 1.82) is 0 Å². The first-order chi connectivity index (χ1) is 19.8. The monoisotopic (exact) mass is 563 g/mol. The molecule has 3 aliphatic heterocycles. The highest BCUT2D eigenvalue weighted by atomic mass is 16.5. The van der Waals surface area contributed by atoms with Gasteiger partial charge in [-0.3, -0.25) is 9.59 Å². The zero-order valence-corrected chi connectivity index (χ0v) is 24.5. The number of carbonyl (C=O) groups excluding carboxylic acids is 1. The normalized spacial score (nSPS) is 23.8. The van der Waals surface area contributed by atoms with Gasteiger partial charge in [0, 0.05) is 37.6 Å². The number of carbonyl (C=O) groups is 2. The number of piperidine rings is 1. The van der Waals surface area contributed by atoms with Crippen molar-refractivity contribution in [3.05, 3.63) is 53.2 Å². The number of nitrogens with zero attached hydrogens (tertiary/aromatic N) is 3. The number of aromatic nitrogens is 1. The van der Waals surface area contributed by atoms with Crippen LogP contribution in [-0.2, 0) is 27.2 Å². The van der Waals surface area contributed by atoms with E-state index in [-0.39, 0.29) is 30.5 Å². The van der Waals surface area contributed by atoms with Gasteiger partial charge in [-0.15, -0.1) is 0 Å². The Kier molecular flexibility index (Phi) is 9.77. The summed E-state index contributed by atoms with van der Waals surface area (Å²) >= 11 is 0. The number of morpholine rings is 1. The lowest BCUT2D eigenvalue weighted by molar-refractivity contribution is -0.138. The Balaban J connectivity index is 1.17. The summed E-state index contributed by atoms with van der Waals surface area (Å²) in [4.78, 5) is 34.7. The third-order valence-electron chi connectivity index (χ3n) is 8.49. The topological polar surface area (TPSA) is 107 Å². The molecule has 0 bridgehead atoms. The maximum Gasteiger partial charge on any atom is 0.305 e. The molecule has 2 aromatic rings. The second-order valence-corrected chi connectivity index (χ2v) is 12.0. The number of ether oxygens (including phenoxy) is 1. The van der Waals surface area contributed by atoms with Crippen molar-refractivity contribution in [3.8, 4) is 0 Å². The van der Waals surface area contributed by atoms with Crippen LogP contribution in [0, 0.1) is 5.92 Å². The molecule has 5 rings (SSSR count). The molecule has 9 heteroatoms. The van der Waals surface area contributed by atoms with E-state index in [1.54, 1.807) is 0 Å². The number of carboxylic acid groups (broad SMARTS) is 1. The van der Waals surface area contributed by atoms with Crippen molar-refractivity contribution in [2.45, 2.75) is 77.0 Å². The van der Waals surface area contributed by atoms with Crippen molar-refractivity contribution >= 4 is 23.4 Å². The summed E-state index contributed by atoms with van der Waals surface area (Å²) in [7, 11) is 0. The number of likely N-dealkylation sites (tertiary alicyclic amines) is 1. The lowest BCUT2D eigenvalue weighted by atomic mass is 9.95. The SMILES string of the molecule is C[C@@H]1CN(c2cccc([C@H](CC(=O)O)NC(=O)[C@@H]3CCCN(CCCc4ccc5c(n4)NCCC5)C3)c2)C[C@H](C)O1. The average molecular weight is 564 g/mol. The van der Waals surface area contributed by atoms with Gasteiger partial charge in [0.15, 0.2) is 0 Å².